The van der Waals surface area contributed by atoms with Crippen LogP contribution in [0.2, 0.25) is 0 Å². The monoisotopic (exact) mass is 406 g/mol. The number of rotatable bonds is 6. The van der Waals surface area contributed by atoms with E-state index in [0.29, 0.717) is 24.4 Å². The molecule has 29 heavy (non-hydrogen) atoms. The third-order valence-electron chi connectivity index (χ3n) is 4.87. The number of amides is 2. The zero-order chi connectivity index (χ0) is 20.2. The Morgan fingerprint density at radius 1 is 1.17 bits per heavy atom. The molecule has 0 aliphatic carbocycles. The molecule has 0 spiro atoms. The van der Waals surface area contributed by atoms with Gasteiger partial charge in [0.25, 0.3) is 5.91 Å². The van der Waals surface area contributed by atoms with E-state index >= 15 is 0 Å². The van der Waals surface area contributed by atoms with Gasteiger partial charge in [-0.3, -0.25) is 9.59 Å². The van der Waals surface area contributed by atoms with Crippen molar-refractivity contribution in [2.24, 2.45) is 0 Å². The minimum absolute atomic E-state index is 0.0722. The van der Waals surface area contributed by atoms with Gasteiger partial charge in [0, 0.05) is 12.1 Å². The van der Waals surface area contributed by atoms with E-state index < -0.39 is 0 Å². The molecule has 148 valence electrons. The number of hydrogen-bond donors (Lipinski definition) is 1. The highest BCUT2D eigenvalue weighted by molar-refractivity contribution is 8.00. The van der Waals surface area contributed by atoms with Gasteiger partial charge >= 0.3 is 0 Å². The van der Waals surface area contributed by atoms with E-state index in [1.54, 1.807) is 18.0 Å². The van der Waals surface area contributed by atoms with Gasteiger partial charge in [-0.05, 0) is 42.3 Å². The van der Waals surface area contributed by atoms with E-state index in [9.17, 15) is 9.59 Å². The van der Waals surface area contributed by atoms with Gasteiger partial charge < -0.3 is 14.6 Å². The number of carbonyl (C=O) groups is 2. The summed E-state index contributed by atoms with van der Waals surface area (Å²) in [6, 6.07) is 19.2. The molecule has 3 aromatic rings. The number of furan rings is 1. The molecule has 6 heteroatoms. The first-order valence-electron chi connectivity index (χ1n) is 9.47. The van der Waals surface area contributed by atoms with Gasteiger partial charge in [-0.1, -0.05) is 42.0 Å². The second-order valence-electron chi connectivity index (χ2n) is 7.06. The Morgan fingerprint density at radius 2 is 2.00 bits per heavy atom. The van der Waals surface area contributed by atoms with Crippen molar-refractivity contribution in [3.63, 3.8) is 0 Å². The Balaban J connectivity index is 1.41. The van der Waals surface area contributed by atoms with Crippen LogP contribution < -0.4 is 5.32 Å². The molecule has 0 unspecified atom stereocenters. The highest BCUT2D eigenvalue weighted by Crippen LogP contribution is 2.39. The summed E-state index contributed by atoms with van der Waals surface area (Å²) in [6.07, 6.45) is 1.61. The van der Waals surface area contributed by atoms with Crippen LogP contribution >= 0.6 is 11.8 Å². The first kappa shape index (κ1) is 19.3. The van der Waals surface area contributed by atoms with E-state index in [0.717, 1.165) is 16.9 Å². The van der Waals surface area contributed by atoms with Crippen molar-refractivity contribution in [3.05, 3.63) is 94.9 Å². The number of thioether (sulfide) groups is 1. The fourth-order valence-corrected chi connectivity index (χ4v) is 4.57. The Bertz CT molecular complexity index is 999. The van der Waals surface area contributed by atoms with Crippen molar-refractivity contribution in [3.8, 4) is 0 Å². The molecule has 4 rings (SSSR count). The lowest BCUT2D eigenvalue weighted by atomic mass is 10.1. The van der Waals surface area contributed by atoms with Crippen LogP contribution in [0.1, 0.15) is 38.2 Å². The summed E-state index contributed by atoms with van der Waals surface area (Å²) >= 11 is 1.59. The van der Waals surface area contributed by atoms with Gasteiger partial charge in [-0.15, -0.1) is 11.8 Å². The molecule has 1 aliphatic rings. The normalized spacial score (nSPS) is 16.2. The average molecular weight is 407 g/mol. The van der Waals surface area contributed by atoms with Gasteiger partial charge in [-0.2, -0.15) is 0 Å². The fourth-order valence-electron chi connectivity index (χ4n) is 3.38. The van der Waals surface area contributed by atoms with Crippen LogP contribution in [-0.2, 0) is 17.9 Å². The Labute approximate surface area is 174 Å². The molecule has 2 aromatic carbocycles. The lowest BCUT2D eigenvalue weighted by Gasteiger charge is -2.23. The summed E-state index contributed by atoms with van der Waals surface area (Å²) in [7, 11) is 0. The molecular formula is C23H22N2O3S. The van der Waals surface area contributed by atoms with Crippen molar-refractivity contribution in [1.29, 1.82) is 0 Å². The predicted octanol–water partition coefficient (Wildman–Crippen LogP) is 4.29. The summed E-state index contributed by atoms with van der Waals surface area (Å²) < 4.78 is 5.39. The van der Waals surface area contributed by atoms with Crippen molar-refractivity contribution >= 4 is 23.6 Å². The fraction of sp³-hybridized carbons (Fsp3) is 0.217. The molecule has 1 fully saturated rings. The molecule has 0 saturated carbocycles. The van der Waals surface area contributed by atoms with Crippen LogP contribution in [0.3, 0.4) is 0 Å². The second-order valence-corrected chi connectivity index (χ2v) is 8.13. The maximum atomic E-state index is 12.5. The number of nitrogens with one attached hydrogen (secondary N) is 1. The Morgan fingerprint density at radius 3 is 2.72 bits per heavy atom. The molecule has 1 aliphatic heterocycles. The summed E-state index contributed by atoms with van der Waals surface area (Å²) in [5, 5.41) is 2.88. The third-order valence-corrected chi connectivity index (χ3v) is 6.12. The number of carbonyl (C=O) groups excluding carboxylic acids is 2. The Kier molecular flexibility index (Phi) is 5.71. The van der Waals surface area contributed by atoms with E-state index in [-0.39, 0.29) is 17.2 Å². The van der Waals surface area contributed by atoms with Gasteiger partial charge in [0.15, 0.2) is 0 Å². The number of nitrogens with zero attached hydrogens (tertiary/aromatic N) is 1. The standard InChI is InChI=1S/C23H22N2O3S/c1-16-4-2-5-17(12-16)13-24-22(27)18-7-9-19(10-8-18)23-25(21(26)15-29-23)14-20-6-3-11-28-20/h2-12,23H,13-15H2,1H3,(H,24,27)/t23-/m1/s1. The van der Waals surface area contributed by atoms with Crippen LogP contribution in [0.5, 0.6) is 0 Å². The van der Waals surface area contributed by atoms with Crippen molar-refractivity contribution in [2.45, 2.75) is 25.4 Å². The molecule has 1 aromatic heterocycles. The summed E-state index contributed by atoms with van der Waals surface area (Å²) in [6.45, 7) is 2.97. The highest BCUT2D eigenvalue weighted by atomic mass is 32.2. The van der Waals surface area contributed by atoms with E-state index in [2.05, 4.69) is 11.4 Å². The maximum Gasteiger partial charge on any atom is 0.251 e. The number of hydrogen-bond acceptors (Lipinski definition) is 4. The average Bonchev–Trinajstić information content (AvgIpc) is 3.37. The van der Waals surface area contributed by atoms with Crippen molar-refractivity contribution in [2.75, 3.05) is 5.75 Å². The van der Waals surface area contributed by atoms with E-state index in [1.807, 2.05) is 66.4 Å². The zero-order valence-electron chi connectivity index (χ0n) is 16.1. The maximum absolute atomic E-state index is 12.5. The van der Waals surface area contributed by atoms with Crippen molar-refractivity contribution < 1.29 is 14.0 Å². The molecule has 0 radical (unpaired) electrons. The zero-order valence-corrected chi connectivity index (χ0v) is 16.9. The summed E-state index contributed by atoms with van der Waals surface area (Å²) in [5.41, 5.74) is 3.85. The quantitative estimate of drug-likeness (QED) is 0.663. The van der Waals surface area contributed by atoms with E-state index in [1.165, 1.54) is 5.56 Å². The van der Waals surface area contributed by atoms with Crippen LogP contribution in [0, 0.1) is 6.92 Å². The second kappa shape index (κ2) is 8.57. The molecule has 1 N–H and O–H groups in total. The smallest absolute Gasteiger partial charge is 0.251 e. The number of aryl methyl sites for hydroxylation is 1. The largest absolute Gasteiger partial charge is 0.467 e. The topological polar surface area (TPSA) is 62.6 Å². The minimum Gasteiger partial charge on any atom is -0.467 e. The van der Waals surface area contributed by atoms with Crippen LogP contribution in [0.4, 0.5) is 0 Å². The molecular weight excluding hydrogens is 384 g/mol. The SMILES string of the molecule is Cc1cccc(CNC(=O)c2ccc([C@H]3SCC(=O)N3Cc3ccco3)cc2)c1. The number of benzene rings is 2. The van der Waals surface area contributed by atoms with Crippen molar-refractivity contribution in [1.82, 2.24) is 10.2 Å². The molecule has 2 amide bonds. The molecule has 5 nitrogen and oxygen atoms in total. The molecule has 1 saturated heterocycles. The lowest BCUT2D eigenvalue weighted by molar-refractivity contribution is -0.128. The predicted molar refractivity (Wildman–Crippen MR) is 113 cm³/mol. The van der Waals surface area contributed by atoms with Crippen LogP contribution in [0.15, 0.2) is 71.3 Å². The van der Waals surface area contributed by atoms with Crippen LogP contribution in [-0.4, -0.2) is 22.5 Å². The van der Waals surface area contributed by atoms with Gasteiger partial charge in [-0.25, -0.2) is 0 Å². The first-order valence-corrected chi connectivity index (χ1v) is 10.5. The molecule has 2 heterocycles. The molecule has 0 bridgehead atoms. The first-order chi connectivity index (χ1) is 14.1. The van der Waals surface area contributed by atoms with Crippen LogP contribution in [0.25, 0.3) is 0 Å². The summed E-state index contributed by atoms with van der Waals surface area (Å²) in [4.78, 5) is 26.6. The van der Waals surface area contributed by atoms with Gasteiger partial charge in [0.05, 0.1) is 18.6 Å². The summed E-state index contributed by atoms with van der Waals surface area (Å²) in [5.74, 6) is 1.19. The third kappa shape index (κ3) is 4.54. The van der Waals surface area contributed by atoms with E-state index in [4.69, 9.17) is 4.42 Å². The molecule has 1 atom stereocenters. The minimum atomic E-state index is -0.111. The highest BCUT2D eigenvalue weighted by Gasteiger charge is 2.33. The van der Waals surface area contributed by atoms with Gasteiger partial charge in [0.1, 0.15) is 11.1 Å². The lowest BCUT2D eigenvalue weighted by Crippen LogP contribution is -2.27. The van der Waals surface area contributed by atoms with Gasteiger partial charge in [0.2, 0.25) is 5.91 Å². The Hall–Kier alpha value is -2.99.